The van der Waals surface area contributed by atoms with E-state index in [1.807, 2.05) is 65.1 Å². The van der Waals surface area contributed by atoms with Gasteiger partial charge in [0, 0.05) is 26.5 Å². The molecule has 3 rings (SSSR count). The average Bonchev–Trinajstić information content (AvgIpc) is 3.33. The smallest absolute Gasteiger partial charge is 0.407 e. The molecule has 0 bridgehead atoms. The predicted molar refractivity (Wildman–Crippen MR) is 133 cm³/mol. The van der Waals surface area contributed by atoms with Crippen LogP contribution >= 0.6 is 0 Å². The van der Waals surface area contributed by atoms with E-state index in [0.717, 1.165) is 23.4 Å². The van der Waals surface area contributed by atoms with E-state index in [9.17, 15) is 14.9 Å². The van der Waals surface area contributed by atoms with Gasteiger partial charge in [-0.3, -0.25) is 4.79 Å². The van der Waals surface area contributed by atoms with E-state index in [4.69, 9.17) is 9.47 Å². The molecular weight excluding hydrogens is 460 g/mol. The summed E-state index contributed by atoms with van der Waals surface area (Å²) in [4.78, 5) is 24.2. The molecule has 10 nitrogen and oxygen atoms in total. The lowest BCUT2D eigenvalue weighted by atomic mass is 10.1. The minimum atomic E-state index is -0.624. The Balaban J connectivity index is 1.45. The third-order valence-corrected chi connectivity index (χ3v) is 6.18. The zero-order valence-electron chi connectivity index (χ0n) is 21.9. The van der Waals surface area contributed by atoms with Crippen molar-refractivity contribution in [1.82, 2.24) is 25.6 Å². The van der Waals surface area contributed by atoms with Crippen LogP contribution in [0.4, 0.5) is 4.79 Å². The first kappa shape index (κ1) is 27.1. The van der Waals surface area contributed by atoms with E-state index >= 15 is 0 Å². The Bertz CT molecular complexity index is 1100. The lowest BCUT2D eigenvalue weighted by molar-refractivity contribution is -0.121. The van der Waals surface area contributed by atoms with E-state index in [1.54, 1.807) is 11.8 Å². The summed E-state index contributed by atoms with van der Waals surface area (Å²) >= 11 is 0. The van der Waals surface area contributed by atoms with Gasteiger partial charge in [0.15, 0.2) is 0 Å². The standard InChI is InChI=1S/C26H36N6O4/c1-25(2,3)36-24(34)28-15-19-12-18(19)13-23(33)29-20(14-27)11-17-7-9-21(10-8-17)32-16-22(30-31-32)26(4,5)35-6/h7-10,16,18-20H,11-13,15H2,1-6H3,(H,28,34)(H,29,33)/t18-,19?,20?/m1/s1. The summed E-state index contributed by atoms with van der Waals surface area (Å²) in [5.41, 5.74) is 1.40. The minimum absolute atomic E-state index is 0.154. The third kappa shape index (κ3) is 7.78. The molecule has 1 aliphatic rings. The summed E-state index contributed by atoms with van der Waals surface area (Å²) in [6.07, 6.45) is 2.98. The van der Waals surface area contributed by atoms with Crippen LogP contribution in [0.3, 0.4) is 0 Å². The van der Waals surface area contributed by atoms with Crippen LogP contribution in [-0.4, -0.2) is 52.3 Å². The number of nitriles is 1. The normalized spacial score (nSPS) is 18.1. The highest BCUT2D eigenvalue weighted by Gasteiger charge is 2.39. The van der Waals surface area contributed by atoms with Crippen molar-refractivity contribution in [2.45, 2.75) is 71.1 Å². The van der Waals surface area contributed by atoms with Crippen molar-refractivity contribution in [3.05, 3.63) is 41.7 Å². The van der Waals surface area contributed by atoms with E-state index < -0.39 is 23.3 Å². The van der Waals surface area contributed by atoms with Gasteiger partial charge in [-0.05, 0) is 70.6 Å². The van der Waals surface area contributed by atoms with Gasteiger partial charge in [-0.1, -0.05) is 17.3 Å². The quantitative estimate of drug-likeness (QED) is 0.516. The van der Waals surface area contributed by atoms with Crippen molar-refractivity contribution in [1.29, 1.82) is 5.26 Å². The van der Waals surface area contributed by atoms with Gasteiger partial charge < -0.3 is 20.1 Å². The van der Waals surface area contributed by atoms with Crippen LogP contribution in [-0.2, 0) is 26.3 Å². The van der Waals surface area contributed by atoms with Crippen LogP contribution in [0.2, 0.25) is 0 Å². The topological polar surface area (TPSA) is 131 Å². The fraction of sp³-hybridized carbons (Fsp3) is 0.577. The Morgan fingerprint density at radius 1 is 1.19 bits per heavy atom. The van der Waals surface area contributed by atoms with Gasteiger partial charge in [0.05, 0.1) is 18.0 Å². The summed E-state index contributed by atoms with van der Waals surface area (Å²) in [6, 6.07) is 9.17. The SMILES string of the molecule is COC(C)(C)c1cn(-c2ccc(CC(C#N)NC(=O)C[C@H]3CC3CNC(=O)OC(C)(C)C)cc2)nn1. The maximum absolute atomic E-state index is 12.5. The zero-order chi connectivity index (χ0) is 26.5. The van der Waals surface area contributed by atoms with Crippen molar-refractivity contribution in [3.63, 3.8) is 0 Å². The molecule has 1 aromatic heterocycles. The average molecular weight is 497 g/mol. The predicted octanol–water partition coefficient (Wildman–Crippen LogP) is 3.25. The number of hydrogen-bond donors (Lipinski definition) is 2. The van der Waals surface area contributed by atoms with Crippen LogP contribution in [0.15, 0.2) is 30.5 Å². The highest BCUT2D eigenvalue weighted by molar-refractivity contribution is 5.77. The molecule has 0 aliphatic heterocycles. The molecule has 2 amide bonds. The highest BCUT2D eigenvalue weighted by Crippen LogP contribution is 2.40. The number of rotatable bonds is 10. The Morgan fingerprint density at radius 2 is 1.89 bits per heavy atom. The molecule has 0 radical (unpaired) electrons. The van der Waals surface area contributed by atoms with Gasteiger partial charge in [0.25, 0.3) is 0 Å². The summed E-state index contributed by atoms with van der Waals surface area (Å²) in [5, 5.41) is 23.5. The lowest BCUT2D eigenvalue weighted by Crippen LogP contribution is -2.36. The molecule has 0 spiro atoms. The number of carbonyl (C=O) groups excluding carboxylic acids is 2. The van der Waals surface area contributed by atoms with Gasteiger partial charge in [0.2, 0.25) is 5.91 Å². The Kier molecular flexibility index (Phi) is 8.35. The van der Waals surface area contributed by atoms with Crippen molar-refractivity contribution in [3.8, 4) is 11.8 Å². The van der Waals surface area contributed by atoms with Gasteiger partial charge in [-0.2, -0.15) is 5.26 Å². The maximum atomic E-state index is 12.5. The Morgan fingerprint density at radius 3 is 2.50 bits per heavy atom. The number of ether oxygens (including phenoxy) is 2. The van der Waals surface area contributed by atoms with Gasteiger partial charge >= 0.3 is 6.09 Å². The number of methoxy groups -OCH3 is 1. The first-order valence-corrected chi connectivity index (χ1v) is 12.1. The van der Waals surface area contributed by atoms with Crippen LogP contribution in [0.5, 0.6) is 0 Å². The molecule has 36 heavy (non-hydrogen) atoms. The van der Waals surface area contributed by atoms with Crippen molar-refractivity contribution in [2.75, 3.05) is 13.7 Å². The molecule has 1 fully saturated rings. The molecule has 10 heteroatoms. The van der Waals surface area contributed by atoms with Gasteiger partial charge in [-0.15, -0.1) is 5.10 Å². The maximum Gasteiger partial charge on any atom is 0.407 e. The fourth-order valence-corrected chi connectivity index (χ4v) is 3.75. The molecule has 1 heterocycles. The largest absolute Gasteiger partial charge is 0.444 e. The van der Waals surface area contributed by atoms with E-state index in [0.29, 0.717) is 19.4 Å². The Labute approximate surface area is 212 Å². The Hall–Kier alpha value is -3.45. The minimum Gasteiger partial charge on any atom is -0.444 e. The highest BCUT2D eigenvalue weighted by atomic mass is 16.6. The van der Waals surface area contributed by atoms with Crippen LogP contribution in [0.25, 0.3) is 5.69 Å². The van der Waals surface area contributed by atoms with Crippen LogP contribution in [0.1, 0.15) is 58.7 Å². The fourth-order valence-electron chi connectivity index (χ4n) is 3.75. The van der Waals surface area contributed by atoms with Crippen molar-refractivity contribution >= 4 is 12.0 Å². The molecule has 2 N–H and O–H groups in total. The number of benzene rings is 1. The molecule has 2 unspecified atom stereocenters. The third-order valence-electron chi connectivity index (χ3n) is 6.18. The monoisotopic (exact) mass is 496 g/mol. The number of hydrogen-bond acceptors (Lipinski definition) is 7. The lowest BCUT2D eigenvalue weighted by Gasteiger charge is -2.19. The number of alkyl carbamates (subject to hydrolysis) is 1. The van der Waals surface area contributed by atoms with E-state index in [2.05, 4.69) is 27.0 Å². The summed E-state index contributed by atoms with van der Waals surface area (Å²) in [5.74, 6) is 0.302. The zero-order valence-corrected chi connectivity index (χ0v) is 21.9. The van der Waals surface area contributed by atoms with Crippen molar-refractivity contribution < 1.29 is 19.1 Å². The van der Waals surface area contributed by atoms with Gasteiger partial charge in [0.1, 0.15) is 22.9 Å². The first-order chi connectivity index (χ1) is 16.9. The first-order valence-electron chi connectivity index (χ1n) is 12.1. The molecule has 1 aromatic carbocycles. The molecule has 0 saturated heterocycles. The number of carbonyl (C=O) groups is 2. The molecular formula is C26H36N6O4. The van der Waals surface area contributed by atoms with E-state index in [-0.39, 0.29) is 17.7 Å². The second-order valence-corrected chi connectivity index (χ2v) is 10.7. The van der Waals surface area contributed by atoms with Crippen molar-refractivity contribution in [2.24, 2.45) is 11.8 Å². The van der Waals surface area contributed by atoms with Crippen LogP contribution in [0, 0.1) is 23.2 Å². The number of amides is 2. The summed E-state index contributed by atoms with van der Waals surface area (Å²) < 4.78 is 12.4. The van der Waals surface area contributed by atoms with Crippen LogP contribution < -0.4 is 10.6 Å². The molecule has 1 saturated carbocycles. The second-order valence-electron chi connectivity index (χ2n) is 10.7. The number of nitrogens with one attached hydrogen (secondary N) is 2. The van der Waals surface area contributed by atoms with E-state index in [1.165, 1.54) is 0 Å². The molecule has 1 aliphatic carbocycles. The molecule has 2 aromatic rings. The number of aromatic nitrogens is 3. The summed E-state index contributed by atoms with van der Waals surface area (Å²) in [7, 11) is 1.63. The molecule has 194 valence electrons. The number of nitrogens with zero attached hydrogens (tertiary/aromatic N) is 4. The summed E-state index contributed by atoms with van der Waals surface area (Å²) in [6.45, 7) is 9.76. The molecule has 3 atom stereocenters. The second kappa shape index (κ2) is 11.1. The van der Waals surface area contributed by atoms with Gasteiger partial charge in [-0.25, -0.2) is 9.48 Å².